The van der Waals surface area contributed by atoms with E-state index in [4.69, 9.17) is 4.74 Å². The van der Waals surface area contributed by atoms with E-state index in [0.29, 0.717) is 17.2 Å². The molecule has 2 N–H and O–H groups in total. The van der Waals surface area contributed by atoms with Gasteiger partial charge in [0.2, 0.25) is 5.91 Å². The minimum Gasteiger partial charge on any atom is -0.497 e. The van der Waals surface area contributed by atoms with Gasteiger partial charge in [0.1, 0.15) is 5.75 Å². The van der Waals surface area contributed by atoms with E-state index in [2.05, 4.69) is 48.7 Å². The highest BCUT2D eigenvalue weighted by molar-refractivity contribution is 7.10. The lowest BCUT2D eigenvalue weighted by atomic mass is 9.98. The molecule has 6 heteroatoms. The van der Waals surface area contributed by atoms with Gasteiger partial charge < -0.3 is 15.4 Å². The molecule has 30 heavy (non-hydrogen) atoms. The number of amides is 2. The third-order valence-corrected chi connectivity index (χ3v) is 5.75. The van der Waals surface area contributed by atoms with Crippen LogP contribution in [0.1, 0.15) is 52.2 Å². The Labute approximate surface area is 181 Å². The summed E-state index contributed by atoms with van der Waals surface area (Å²) >= 11 is 1.59. The summed E-state index contributed by atoms with van der Waals surface area (Å²) < 4.78 is 5.14. The molecule has 0 aliphatic heterocycles. The first-order valence-electron chi connectivity index (χ1n) is 9.83. The Kier molecular flexibility index (Phi) is 7.25. The van der Waals surface area contributed by atoms with Crippen LogP contribution < -0.4 is 15.4 Å². The molecule has 0 spiro atoms. The van der Waals surface area contributed by atoms with Crippen LogP contribution in [0.3, 0.4) is 0 Å². The molecule has 0 saturated heterocycles. The van der Waals surface area contributed by atoms with Crippen LogP contribution in [0.5, 0.6) is 5.75 Å². The first-order valence-corrected chi connectivity index (χ1v) is 10.7. The lowest BCUT2D eigenvalue weighted by Crippen LogP contribution is -2.38. The topological polar surface area (TPSA) is 67.4 Å². The largest absolute Gasteiger partial charge is 0.497 e. The van der Waals surface area contributed by atoms with Gasteiger partial charge in [-0.15, -0.1) is 11.3 Å². The zero-order valence-electron chi connectivity index (χ0n) is 17.3. The van der Waals surface area contributed by atoms with Crippen molar-refractivity contribution in [3.63, 3.8) is 0 Å². The van der Waals surface area contributed by atoms with Crippen molar-refractivity contribution in [2.24, 2.45) is 0 Å². The SMILES string of the molecule is COc1cccc(C(=O)NCC(=O)NC(c2ccc(C(C)C)cc2)c2cccs2)c1. The molecule has 0 aliphatic rings. The summed E-state index contributed by atoms with van der Waals surface area (Å²) in [5.41, 5.74) is 2.70. The third kappa shape index (κ3) is 5.48. The van der Waals surface area contributed by atoms with E-state index in [1.54, 1.807) is 42.7 Å². The van der Waals surface area contributed by atoms with Gasteiger partial charge in [-0.2, -0.15) is 0 Å². The van der Waals surface area contributed by atoms with Gasteiger partial charge >= 0.3 is 0 Å². The van der Waals surface area contributed by atoms with Crippen molar-refractivity contribution in [1.29, 1.82) is 0 Å². The number of nitrogens with one attached hydrogen (secondary N) is 2. The molecule has 0 aliphatic carbocycles. The van der Waals surface area contributed by atoms with Crippen LogP contribution in [-0.2, 0) is 4.79 Å². The van der Waals surface area contributed by atoms with E-state index in [1.165, 1.54) is 5.56 Å². The molecular weight excluding hydrogens is 396 g/mol. The van der Waals surface area contributed by atoms with Crippen molar-refractivity contribution in [1.82, 2.24) is 10.6 Å². The monoisotopic (exact) mass is 422 g/mol. The molecule has 5 nitrogen and oxygen atoms in total. The molecule has 2 aromatic carbocycles. The Morgan fingerprint density at radius 3 is 2.37 bits per heavy atom. The first-order chi connectivity index (χ1) is 14.5. The molecule has 1 aromatic heterocycles. The molecule has 1 heterocycles. The summed E-state index contributed by atoms with van der Waals surface area (Å²) in [4.78, 5) is 26.0. The molecule has 0 fully saturated rings. The fraction of sp³-hybridized carbons (Fsp3) is 0.250. The molecule has 3 rings (SSSR count). The summed E-state index contributed by atoms with van der Waals surface area (Å²) in [6.07, 6.45) is 0. The molecule has 2 amide bonds. The molecule has 1 unspecified atom stereocenters. The number of hydrogen-bond acceptors (Lipinski definition) is 4. The molecular formula is C24H26N2O3S. The van der Waals surface area contributed by atoms with Crippen LogP contribution in [0, 0.1) is 0 Å². The van der Waals surface area contributed by atoms with E-state index < -0.39 is 0 Å². The van der Waals surface area contributed by atoms with E-state index in [0.717, 1.165) is 10.4 Å². The standard InChI is InChI=1S/C24H26N2O3S/c1-16(2)17-9-11-18(12-10-17)23(21-8-5-13-30-21)26-22(27)15-25-24(28)19-6-4-7-20(14-19)29-3/h4-14,16,23H,15H2,1-3H3,(H,25,28)(H,26,27). The van der Waals surface area contributed by atoms with Crippen LogP contribution in [-0.4, -0.2) is 25.5 Å². The van der Waals surface area contributed by atoms with E-state index in [1.807, 2.05) is 17.5 Å². The van der Waals surface area contributed by atoms with Crippen LogP contribution in [0.25, 0.3) is 0 Å². The summed E-state index contributed by atoms with van der Waals surface area (Å²) in [6.45, 7) is 4.19. The molecule has 156 valence electrons. The highest BCUT2D eigenvalue weighted by Crippen LogP contribution is 2.27. The predicted octanol–water partition coefficient (Wildman–Crippen LogP) is 4.52. The molecule has 1 atom stereocenters. The minimum absolute atomic E-state index is 0.109. The van der Waals surface area contributed by atoms with Gasteiger partial charge in [-0.05, 0) is 46.7 Å². The van der Waals surface area contributed by atoms with Crippen molar-refractivity contribution < 1.29 is 14.3 Å². The first kappa shape index (κ1) is 21.6. The number of carbonyl (C=O) groups excluding carboxylic acids is 2. The number of methoxy groups -OCH3 is 1. The lowest BCUT2D eigenvalue weighted by molar-refractivity contribution is -0.120. The number of hydrogen-bond donors (Lipinski definition) is 2. The Balaban J connectivity index is 1.67. The number of thiophene rings is 1. The van der Waals surface area contributed by atoms with Gasteiger partial charge in [0.25, 0.3) is 5.91 Å². The number of carbonyl (C=O) groups is 2. The molecule has 0 bridgehead atoms. The second-order valence-corrected chi connectivity index (χ2v) is 8.23. The Hall–Kier alpha value is -3.12. The molecule has 3 aromatic rings. The Morgan fingerprint density at radius 2 is 1.73 bits per heavy atom. The Morgan fingerprint density at radius 1 is 1.00 bits per heavy atom. The fourth-order valence-electron chi connectivity index (χ4n) is 3.09. The van der Waals surface area contributed by atoms with Crippen molar-refractivity contribution in [2.75, 3.05) is 13.7 Å². The van der Waals surface area contributed by atoms with Crippen LogP contribution in [0.15, 0.2) is 66.0 Å². The minimum atomic E-state index is -0.321. The summed E-state index contributed by atoms with van der Waals surface area (Å²) in [7, 11) is 1.54. The smallest absolute Gasteiger partial charge is 0.251 e. The molecule has 0 radical (unpaired) electrons. The normalized spacial score (nSPS) is 11.7. The van der Waals surface area contributed by atoms with Crippen molar-refractivity contribution >= 4 is 23.2 Å². The number of ether oxygens (including phenoxy) is 1. The van der Waals surface area contributed by atoms with Gasteiger partial charge in [0.05, 0.1) is 19.7 Å². The second kappa shape index (κ2) is 10.1. The summed E-state index contributed by atoms with van der Waals surface area (Å²) in [5.74, 6) is 0.464. The Bertz CT molecular complexity index is 982. The average Bonchev–Trinajstić information content (AvgIpc) is 3.30. The zero-order chi connectivity index (χ0) is 21.5. The predicted molar refractivity (Wildman–Crippen MR) is 120 cm³/mol. The van der Waals surface area contributed by atoms with Gasteiger partial charge in [-0.1, -0.05) is 50.2 Å². The number of rotatable bonds is 8. The quantitative estimate of drug-likeness (QED) is 0.561. The van der Waals surface area contributed by atoms with Gasteiger partial charge in [-0.25, -0.2) is 0 Å². The second-order valence-electron chi connectivity index (χ2n) is 7.25. The maximum Gasteiger partial charge on any atom is 0.251 e. The van der Waals surface area contributed by atoms with Crippen molar-refractivity contribution in [3.05, 3.63) is 87.6 Å². The van der Waals surface area contributed by atoms with E-state index in [-0.39, 0.29) is 24.4 Å². The van der Waals surface area contributed by atoms with Gasteiger partial charge in [0, 0.05) is 10.4 Å². The van der Waals surface area contributed by atoms with Crippen molar-refractivity contribution in [2.45, 2.75) is 25.8 Å². The average molecular weight is 423 g/mol. The highest BCUT2D eigenvalue weighted by atomic mass is 32.1. The number of benzene rings is 2. The van der Waals surface area contributed by atoms with E-state index >= 15 is 0 Å². The highest BCUT2D eigenvalue weighted by Gasteiger charge is 2.19. The summed E-state index contributed by atoms with van der Waals surface area (Å²) in [5, 5.41) is 7.71. The van der Waals surface area contributed by atoms with Gasteiger partial charge in [-0.3, -0.25) is 9.59 Å². The van der Waals surface area contributed by atoms with Gasteiger partial charge in [0.15, 0.2) is 0 Å². The van der Waals surface area contributed by atoms with Crippen molar-refractivity contribution in [3.8, 4) is 5.75 Å². The fourth-order valence-corrected chi connectivity index (χ4v) is 3.89. The third-order valence-electron chi connectivity index (χ3n) is 4.81. The maximum atomic E-state index is 12.6. The van der Waals surface area contributed by atoms with Crippen LogP contribution in [0.4, 0.5) is 0 Å². The van der Waals surface area contributed by atoms with Crippen LogP contribution in [0.2, 0.25) is 0 Å². The zero-order valence-corrected chi connectivity index (χ0v) is 18.2. The van der Waals surface area contributed by atoms with Crippen LogP contribution >= 0.6 is 11.3 Å². The maximum absolute atomic E-state index is 12.6. The van der Waals surface area contributed by atoms with E-state index in [9.17, 15) is 9.59 Å². The lowest BCUT2D eigenvalue weighted by Gasteiger charge is -2.19. The summed E-state index contributed by atoms with van der Waals surface area (Å²) in [6, 6.07) is 18.8. The molecule has 0 saturated carbocycles.